The van der Waals surface area contributed by atoms with Crippen LogP contribution in [0.5, 0.6) is 0 Å². The van der Waals surface area contributed by atoms with Gasteiger partial charge in [-0.1, -0.05) is 78.9 Å². The third kappa shape index (κ3) is 7.07. The molecule has 184 valence electrons. The molecule has 3 aromatic rings. The van der Waals surface area contributed by atoms with E-state index in [4.69, 9.17) is 14.6 Å². The molecule has 0 saturated carbocycles. The number of ether oxygens (including phenoxy) is 1. The summed E-state index contributed by atoms with van der Waals surface area (Å²) >= 11 is 0. The predicted molar refractivity (Wildman–Crippen MR) is 121 cm³/mol. The van der Waals surface area contributed by atoms with Gasteiger partial charge in [0.15, 0.2) is 0 Å². The van der Waals surface area contributed by atoms with Gasteiger partial charge in [-0.2, -0.15) is 13.2 Å². The summed E-state index contributed by atoms with van der Waals surface area (Å²) in [6.07, 6.45) is -4.76. The Labute approximate surface area is 200 Å². The summed E-state index contributed by atoms with van der Waals surface area (Å²) in [5.41, 5.74) is 10.2. The number of carbonyl (C=O) groups is 2. The molecule has 1 aliphatic carbocycles. The molecule has 1 atom stereocenters. The first-order valence-electron chi connectivity index (χ1n) is 10.9. The Bertz CT molecular complexity index is 1110. The number of alkyl halides is 3. The van der Waals surface area contributed by atoms with E-state index in [2.05, 4.69) is 47.4 Å². The second-order valence-corrected chi connectivity index (χ2v) is 8.05. The van der Waals surface area contributed by atoms with Gasteiger partial charge in [0.2, 0.25) is 0 Å². The Morgan fingerprint density at radius 2 is 1.40 bits per heavy atom. The number of hydrogen-bond acceptors (Lipinski definition) is 4. The number of quaternary nitrogens is 1. The standard InChI is InChI=1S/C24H24N2O2.C2HF3O2/c25-18(14-17-8-2-1-3-9-17)15-26-24(27)28-16-23-21-12-6-4-10-19(21)20-11-5-7-13-22(20)23;3-2(4,5)1(6)7/h1-13,18,23H,14-16,25H2,(H,26,27);(H,6,7)/t18-;/m0./s1. The molecule has 0 radical (unpaired) electrons. The molecule has 0 bridgehead atoms. The van der Waals surface area contributed by atoms with Gasteiger partial charge < -0.3 is 25.7 Å². The maximum Gasteiger partial charge on any atom is 0.430 e. The lowest BCUT2D eigenvalue weighted by Crippen LogP contribution is -2.66. The van der Waals surface area contributed by atoms with Crippen LogP contribution in [0, 0.1) is 0 Å². The van der Waals surface area contributed by atoms with Crippen LogP contribution in [0.15, 0.2) is 78.9 Å². The van der Waals surface area contributed by atoms with Crippen molar-refractivity contribution in [1.82, 2.24) is 5.32 Å². The average molecular weight is 486 g/mol. The molecule has 1 amide bonds. The summed E-state index contributed by atoms with van der Waals surface area (Å²) in [5.74, 6) is -2.93. The quantitative estimate of drug-likeness (QED) is 0.559. The number of aliphatic carboxylic acids is 1. The number of hydrogen-bond donors (Lipinski definition) is 2. The van der Waals surface area contributed by atoms with Crippen LogP contribution in [0.25, 0.3) is 11.1 Å². The first-order valence-corrected chi connectivity index (χ1v) is 10.9. The van der Waals surface area contributed by atoms with Crippen molar-refractivity contribution in [1.29, 1.82) is 0 Å². The molecule has 9 heteroatoms. The molecule has 0 saturated heterocycles. The van der Waals surface area contributed by atoms with Gasteiger partial charge in [-0.05, 0) is 27.8 Å². The molecule has 0 spiro atoms. The van der Waals surface area contributed by atoms with Crippen molar-refractivity contribution in [3.05, 3.63) is 95.6 Å². The van der Waals surface area contributed by atoms with E-state index in [-0.39, 0.29) is 18.1 Å². The van der Waals surface area contributed by atoms with Gasteiger partial charge in [-0.25, -0.2) is 4.79 Å². The maximum atomic E-state index is 12.2. The molecule has 3 aromatic carbocycles. The number of amides is 1. The van der Waals surface area contributed by atoms with Gasteiger partial charge >= 0.3 is 12.3 Å². The predicted octanol–water partition coefficient (Wildman–Crippen LogP) is 2.68. The van der Waals surface area contributed by atoms with E-state index in [9.17, 15) is 18.0 Å². The number of nitrogens with one attached hydrogen (secondary N) is 1. The zero-order valence-electron chi connectivity index (χ0n) is 18.8. The largest absolute Gasteiger partial charge is 0.542 e. The fraction of sp³-hybridized carbons (Fsp3) is 0.231. The molecule has 35 heavy (non-hydrogen) atoms. The fourth-order valence-corrected chi connectivity index (χ4v) is 3.90. The molecule has 6 nitrogen and oxygen atoms in total. The monoisotopic (exact) mass is 486 g/mol. The van der Waals surface area contributed by atoms with Gasteiger partial charge in [-0.3, -0.25) is 0 Å². The van der Waals surface area contributed by atoms with Gasteiger partial charge in [-0.15, -0.1) is 0 Å². The minimum Gasteiger partial charge on any atom is -0.542 e. The summed E-state index contributed by atoms with van der Waals surface area (Å²) < 4.78 is 37.1. The van der Waals surface area contributed by atoms with E-state index < -0.39 is 12.1 Å². The number of carboxylic acid groups (broad SMARTS) is 1. The zero-order chi connectivity index (χ0) is 25.4. The molecule has 0 aromatic heterocycles. The average Bonchev–Trinajstić information content (AvgIpc) is 3.15. The molecular formula is C26H25F3N2O4. The number of carbonyl (C=O) groups excluding carboxylic acids is 2. The van der Waals surface area contributed by atoms with Crippen molar-refractivity contribution in [2.45, 2.75) is 24.6 Å². The smallest absolute Gasteiger partial charge is 0.430 e. The van der Waals surface area contributed by atoms with Crippen molar-refractivity contribution in [3.8, 4) is 11.1 Å². The van der Waals surface area contributed by atoms with Gasteiger partial charge in [0.05, 0.1) is 6.54 Å². The summed E-state index contributed by atoms with van der Waals surface area (Å²) in [6.45, 7) is 0.825. The first kappa shape index (κ1) is 25.8. The summed E-state index contributed by atoms with van der Waals surface area (Å²) in [5, 5.41) is 11.6. The summed E-state index contributed by atoms with van der Waals surface area (Å²) in [4.78, 5) is 21.0. The van der Waals surface area contributed by atoms with Crippen molar-refractivity contribution < 1.29 is 38.3 Å². The highest BCUT2D eigenvalue weighted by atomic mass is 19.4. The third-order valence-corrected chi connectivity index (χ3v) is 5.48. The second-order valence-electron chi connectivity index (χ2n) is 8.05. The van der Waals surface area contributed by atoms with Crippen LogP contribution in [0.4, 0.5) is 18.0 Å². The van der Waals surface area contributed by atoms with Crippen molar-refractivity contribution in [2.75, 3.05) is 13.2 Å². The van der Waals surface area contributed by atoms with E-state index in [0.717, 1.165) is 6.42 Å². The molecule has 0 aliphatic heterocycles. The molecule has 0 unspecified atom stereocenters. The molecular weight excluding hydrogens is 461 g/mol. The highest BCUT2D eigenvalue weighted by Crippen LogP contribution is 2.44. The second kappa shape index (κ2) is 11.5. The lowest BCUT2D eigenvalue weighted by Gasteiger charge is -2.15. The van der Waals surface area contributed by atoms with E-state index in [1.807, 2.05) is 42.5 Å². The lowest BCUT2D eigenvalue weighted by atomic mass is 9.98. The van der Waals surface area contributed by atoms with E-state index >= 15 is 0 Å². The number of benzene rings is 3. The third-order valence-electron chi connectivity index (χ3n) is 5.48. The molecule has 1 aliphatic rings. The van der Waals surface area contributed by atoms with Crippen LogP contribution in [-0.4, -0.2) is 37.4 Å². The van der Waals surface area contributed by atoms with Crippen LogP contribution in [-0.2, 0) is 16.0 Å². The first-order chi connectivity index (χ1) is 16.7. The zero-order valence-corrected chi connectivity index (χ0v) is 18.8. The van der Waals surface area contributed by atoms with Crippen molar-refractivity contribution >= 4 is 12.1 Å². The number of halogens is 3. The minimum absolute atomic E-state index is 0.0815. The van der Waals surface area contributed by atoms with Gasteiger partial charge in [0, 0.05) is 12.3 Å². The van der Waals surface area contributed by atoms with Gasteiger partial charge in [0.1, 0.15) is 18.6 Å². The highest BCUT2D eigenvalue weighted by molar-refractivity contribution is 5.79. The molecule has 0 fully saturated rings. The van der Waals surface area contributed by atoms with E-state index in [1.165, 1.54) is 27.8 Å². The topological polar surface area (TPSA) is 106 Å². The lowest BCUT2D eigenvalue weighted by molar-refractivity contribution is -0.416. The Morgan fingerprint density at radius 3 is 1.91 bits per heavy atom. The van der Waals surface area contributed by atoms with Crippen LogP contribution in [0.3, 0.4) is 0 Å². The number of alkyl carbamates (subject to hydrolysis) is 1. The summed E-state index contributed by atoms with van der Waals surface area (Å²) in [7, 11) is 0. The van der Waals surface area contributed by atoms with Crippen LogP contribution in [0.1, 0.15) is 22.6 Å². The fourth-order valence-electron chi connectivity index (χ4n) is 3.90. The summed E-state index contributed by atoms with van der Waals surface area (Å²) in [6, 6.07) is 26.9. The van der Waals surface area contributed by atoms with E-state index in [1.54, 1.807) is 0 Å². The van der Waals surface area contributed by atoms with Crippen molar-refractivity contribution in [2.24, 2.45) is 0 Å². The maximum absolute atomic E-state index is 12.2. The molecule has 0 heterocycles. The van der Waals surface area contributed by atoms with Gasteiger partial charge in [0.25, 0.3) is 0 Å². The molecule has 4 rings (SSSR count). The normalized spacial score (nSPS) is 13.0. The van der Waals surface area contributed by atoms with Crippen LogP contribution < -0.4 is 16.2 Å². The van der Waals surface area contributed by atoms with Crippen LogP contribution >= 0.6 is 0 Å². The highest BCUT2D eigenvalue weighted by Gasteiger charge is 2.29. The van der Waals surface area contributed by atoms with Crippen molar-refractivity contribution in [3.63, 3.8) is 0 Å². The van der Waals surface area contributed by atoms with Crippen LogP contribution in [0.2, 0.25) is 0 Å². The number of fused-ring (bicyclic) bond motifs is 3. The SMILES string of the molecule is O=C([O-])C(F)(F)F.[NH3+][C@H](CNC(=O)OCC1c2ccccc2-c2ccccc21)Cc1ccccc1. The Hall–Kier alpha value is -3.85. The minimum atomic E-state index is -5.19. The Balaban J connectivity index is 0.000000429. The number of carboxylic acids is 1. The molecule has 4 N–H and O–H groups in total. The Morgan fingerprint density at radius 1 is 0.914 bits per heavy atom. The van der Waals surface area contributed by atoms with E-state index in [0.29, 0.717) is 13.2 Å². The number of rotatable bonds is 6. The Kier molecular flexibility index (Phi) is 8.48.